The van der Waals surface area contributed by atoms with Gasteiger partial charge in [0.2, 0.25) is 5.88 Å². The van der Waals surface area contributed by atoms with Gasteiger partial charge in [0.05, 0.1) is 0 Å². The Hall–Kier alpha value is -3.41. The Labute approximate surface area is 158 Å². The molecule has 1 amide bonds. The number of hydrogen-bond donors (Lipinski definition) is 0. The summed E-state index contributed by atoms with van der Waals surface area (Å²) in [6.07, 6.45) is 0. The predicted octanol–water partition coefficient (Wildman–Crippen LogP) is 3.23. The molecule has 6 heteroatoms. The van der Waals surface area contributed by atoms with E-state index in [1.807, 2.05) is 77.7 Å². The lowest BCUT2D eigenvalue weighted by Gasteiger charge is -2.35. The molecule has 0 saturated carbocycles. The van der Waals surface area contributed by atoms with E-state index < -0.39 is 0 Å². The van der Waals surface area contributed by atoms with Crippen molar-refractivity contribution in [3.63, 3.8) is 0 Å². The van der Waals surface area contributed by atoms with E-state index >= 15 is 0 Å². The Morgan fingerprint density at radius 1 is 0.778 bits per heavy atom. The molecule has 0 bridgehead atoms. The second-order valence-corrected chi connectivity index (χ2v) is 6.29. The maximum absolute atomic E-state index is 12.5. The highest BCUT2D eigenvalue weighted by atomic mass is 16.5. The zero-order valence-electron chi connectivity index (χ0n) is 14.9. The first-order valence-electron chi connectivity index (χ1n) is 8.95. The molecule has 1 fully saturated rings. The van der Waals surface area contributed by atoms with Crippen LogP contribution in [0.5, 0.6) is 11.6 Å². The molecule has 2 aromatic carbocycles. The SMILES string of the molecule is O=C(c1ccccc1)N1CCN(c2ccc(Oc3ccccc3)nn2)CC1. The minimum atomic E-state index is 0.0768. The molecule has 0 unspecified atom stereocenters. The fourth-order valence-corrected chi connectivity index (χ4v) is 3.05. The van der Waals surface area contributed by atoms with E-state index in [2.05, 4.69) is 15.1 Å². The number of anilines is 1. The lowest BCUT2D eigenvalue weighted by atomic mass is 10.2. The third-order valence-corrected chi connectivity index (χ3v) is 4.50. The molecule has 0 atom stereocenters. The van der Waals surface area contributed by atoms with Crippen LogP contribution in [0.25, 0.3) is 0 Å². The summed E-state index contributed by atoms with van der Waals surface area (Å²) in [4.78, 5) is 16.5. The van der Waals surface area contributed by atoms with Gasteiger partial charge in [-0.25, -0.2) is 0 Å². The molecule has 136 valence electrons. The number of benzene rings is 2. The number of para-hydroxylation sites is 1. The molecular formula is C21H20N4O2. The molecule has 2 heterocycles. The van der Waals surface area contributed by atoms with Crippen molar-refractivity contribution < 1.29 is 9.53 Å². The summed E-state index contributed by atoms with van der Waals surface area (Å²) >= 11 is 0. The Morgan fingerprint density at radius 2 is 1.44 bits per heavy atom. The van der Waals surface area contributed by atoms with Gasteiger partial charge in [-0.3, -0.25) is 4.79 Å². The summed E-state index contributed by atoms with van der Waals surface area (Å²) in [5, 5.41) is 8.43. The van der Waals surface area contributed by atoms with Crippen LogP contribution in [-0.4, -0.2) is 47.2 Å². The number of ether oxygens (including phenoxy) is 1. The van der Waals surface area contributed by atoms with Crippen LogP contribution in [0.1, 0.15) is 10.4 Å². The first-order chi connectivity index (χ1) is 13.3. The Kier molecular flexibility index (Phi) is 4.96. The number of carbonyl (C=O) groups excluding carboxylic acids is 1. The van der Waals surface area contributed by atoms with Gasteiger partial charge in [-0.2, -0.15) is 0 Å². The number of nitrogens with zero attached hydrogens (tertiary/aromatic N) is 4. The molecular weight excluding hydrogens is 340 g/mol. The zero-order valence-corrected chi connectivity index (χ0v) is 14.9. The molecule has 0 spiro atoms. The van der Waals surface area contributed by atoms with Crippen LogP contribution in [-0.2, 0) is 0 Å². The normalized spacial score (nSPS) is 14.1. The van der Waals surface area contributed by atoms with Gasteiger partial charge in [-0.1, -0.05) is 36.4 Å². The highest BCUT2D eigenvalue weighted by Gasteiger charge is 2.23. The van der Waals surface area contributed by atoms with Crippen molar-refractivity contribution in [2.24, 2.45) is 0 Å². The third kappa shape index (κ3) is 4.06. The van der Waals surface area contributed by atoms with Crippen LogP contribution in [0.15, 0.2) is 72.8 Å². The van der Waals surface area contributed by atoms with Crippen molar-refractivity contribution >= 4 is 11.7 Å². The van der Waals surface area contributed by atoms with E-state index in [1.165, 1.54) is 0 Å². The second-order valence-electron chi connectivity index (χ2n) is 6.29. The number of carbonyl (C=O) groups is 1. The minimum Gasteiger partial charge on any atom is -0.438 e. The Bertz CT molecular complexity index is 877. The minimum absolute atomic E-state index is 0.0768. The quantitative estimate of drug-likeness (QED) is 0.715. The monoisotopic (exact) mass is 360 g/mol. The standard InChI is InChI=1S/C21H20N4O2/c26-21(17-7-3-1-4-8-17)25-15-13-24(14-16-25)19-11-12-20(23-22-19)27-18-9-5-2-6-10-18/h1-12H,13-16H2. The van der Waals surface area contributed by atoms with Crippen LogP contribution in [0.3, 0.4) is 0 Å². The first kappa shape index (κ1) is 17.0. The lowest BCUT2D eigenvalue weighted by Crippen LogP contribution is -2.49. The number of hydrogen-bond acceptors (Lipinski definition) is 5. The second kappa shape index (κ2) is 7.86. The summed E-state index contributed by atoms with van der Waals surface area (Å²) in [6.45, 7) is 2.79. The smallest absolute Gasteiger partial charge is 0.253 e. The largest absolute Gasteiger partial charge is 0.438 e. The van der Waals surface area contributed by atoms with Gasteiger partial charge in [0.1, 0.15) is 5.75 Å². The van der Waals surface area contributed by atoms with Crippen LogP contribution in [0, 0.1) is 0 Å². The molecule has 1 saturated heterocycles. The van der Waals surface area contributed by atoms with Crippen molar-refractivity contribution in [2.45, 2.75) is 0 Å². The summed E-state index contributed by atoms with van der Waals surface area (Å²) in [7, 11) is 0. The zero-order chi connectivity index (χ0) is 18.5. The van der Waals surface area contributed by atoms with Gasteiger partial charge >= 0.3 is 0 Å². The molecule has 1 aliphatic heterocycles. The summed E-state index contributed by atoms with van der Waals surface area (Å²) in [5.41, 5.74) is 0.730. The van der Waals surface area contributed by atoms with E-state index in [9.17, 15) is 4.79 Å². The topological polar surface area (TPSA) is 58.6 Å². The van der Waals surface area contributed by atoms with Gasteiger partial charge in [0.15, 0.2) is 5.82 Å². The van der Waals surface area contributed by atoms with E-state index in [4.69, 9.17) is 4.74 Å². The maximum atomic E-state index is 12.5. The van der Waals surface area contributed by atoms with Crippen molar-refractivity contribution in [2.75, 3.05) is 31.1 Å². The van der Waals surface area contributed by atoms with Crippen molar-refractivity contribution in [3.8, 4) is 11.6 Å². The van der Waals surface area contributed by atoms with E-state index in [-0.39, 0.29) is 5.91 Å². The number of aromatic nitrogens is 2. The van der Waals surface area contributed by atoms with Gasteiger partial charge < -0.3 is 14.5 Å². The van der Waals surface area contributed by atoms with E-state index in [0.29, 0.717) is 19.0 Å². The molecule has 0 N–H and O–H groups in total. The number of rotatable bonds is 4. The first-order valence-corrected chi connectivity index (χ1v) is 8.95. The third-order valence-electron chi connectivity index (χ3n) is 4.50. The molecule has 1 aromatic heterocycles. The molecule has 0 aliphatic carbocycles. The van der Waals surface area contributed by atoms with E-state index in [1.54, 1.807) is 0 Å². The van der Waals surface area contributed by atoms with Crippen LogP contribution in [0.2, 0.25) is 0 Å². The molecule has 27 heavy (non-hydrogen) atoms. The molecule has 4 rings (SSSR count). The number of amides is 1. The highest BCUT2D eigenvalue weighted by Crippen LogP contribution is 2.20. The predicted molar refractivity (Wildman–Crippen MR) is 103 cm³/mol. The average molecular weight is 360 g/mol. The van der Waals surface area contributed by atoms with Gasteiger partial charge in [-0.15, -0.1) is 10.2 Å². The highest BCUT2D eigenvalue weighted by molar-refractivity contribution is 5.94. The van der Waals surface area contributed by atoms with E-state index in [0.717, 1.165) is 30.2 Å². The van der Waals surface area contributed by atoms with Crippen LogP contribution < -0.4 is 9.64 Å². The van der Waals surface area contributed by atoms with Crippen molar-refractivity contribution in [1.29, 1.82) is 0 Å². The fourth-order valence-electron chi connectivity index (χ4n) is 3.05. The fraction of sp³-hybridized carbons (Fsp3) is 0.190. The molecule has 3 aromatic rings. The van der Waals surface area contributed by atoms with Crippen molar-refractivity contribution in [1.82, 2.24) is 15.1 Å². The summed E-state index contributed by atoms with van der Waals surface area (Å²) in [6, 6.07) is 22.6. The maximum Gasteiger partial charge on any atom is 0.253 e. The Balaban J connectivity index is 1.35. The van der Waals surface area contributed by atoms with Gasteiger partial charge in [-0.05, 0) is 30.3 Å². The summed E-state index contributed by atoms with van der Waals surface area (Å²) in [5.74, 6) is 2.06. The van der Waals surface area contributed by atoms with Crippen LogP contribution in [0.4, 0.5) is 5.82 Å². The average Bonchev–Trinajstić information content (AvgIpc) is 2.75. The van der Waals surface area contributed by atoms with Gasteiger partial charge in [0, 0.05) is 37.8 Å². The summed E-state index contributed by atoms with van der Waals surface area (Å²) < 4.78 is 5.67. The molecule has 0 radical (unpaired) electrons. The Morgan fingerprint density at radius 3 is 2.07 bits per heavy atom. The molecule has 6 nitrogen and oxygen atoms in total. The lowest BCUT2D eigenvalue weighted by molar-refractivity contribution is 0.0746. The number of piperazine rings is 1. The van der Waals surface area contributed by atoms with Gasteiger partial charge in [0.25, 0.3) is 5.91 Å². The van der Waals surface area contributed by atoms with Crippen molar-refractivity contribution in [3.05, 3.63) is 78.4 Å². The molecule has 1 aliphatic rings. The van der Waals surface area contributed by atoms with Crippen LogP contribution >= 0.6 is 0 Å².